The van der Waals surface area contributed by atoms with Crippen LogP contribution in [0.4, 0.5) is 13.2 Å². The minimum atomic E-state index is -2.57. The number of halogens is 4. The number of thiophene rings is 1. The maximum atomic E-state index is 13.2. The van der Waals surface area contributed by atoms with E-state index in [1.807, 2.05) is 0 Å². The third-order valence-corrected chi connectivity index (χ3v) is 3.55. The Kier molecular flexibility index (Phi) is 2.53. The predicted octanol–water partition coefficient (Wildman–Crippen LogP) is 4.74. The molecule has 1 aromatic heterocycles. The summed E-state index contributed by atoms with van der Waals surface area (Å²) in [5.74, 6) is -0.458. The van der Waals surface area contributed by atoms with Gasteiger partial charge in [0.1, 0.15) is 5.82 Å². The molecule has 0 nitrogen and oxygen atoms in total. The molecule has 0 fully saturated rings. The Morgan fingerprint density at radius 2 is 2.00 bits per heavy atom. The summed E-state index contributed by atoms with van der Waals surface area (Å²) in [7, 11) is 0. The molecule has 0 saturated heterocycles. The second-order valence-corrected chi connectivity index (χ2v) is 4.46. The summed E-state index contributed by atoms with van der Waals surface area (Å²) in [4.78, 5) is 0. The van der Waals surface area contributed by atoms with Crippen LogP contribution in [0.3, 0.4) is 0 Å². The smallest absolute Gasteiger partial charge is 0.205 e. The molecule has 2 rings (SSSR count). The fourth-order valence-electron chi connectivity index (χ4n) is 1.26. The van der Waals surface area contributed by atoms with Crippen molar-refractivity contribution >= 4 is 37.4 Å². The zero-order valence-electron chi connectivity index (χ0n) is 6.73. The van der Waals surface area contributed by atoms with Crippen LogP contribution in [0.5, 0.6) is 0 Å². The van der Waals surface area contributed by atoms with Gasteiger partial charge in [-0.2, -0.15) is 0 Å². The van der Waals surface area contributed by atoms with Crippen molar-refractivity contribution in [1.29, 1.82) is 0 Å². The first-order chi connectivity index (χ1) is 6.61. The molecule has 2 aromatic rings. The van der Waals surface area contributed by atoms with Crippen LogP contribution in [-0.2, 0) is 0 Å². The van der Waals surface area contributed by atoms with Gasteiger partial charge >= 0.3 is 0 Å². The van der Waals surface area contributed by atoms with E-state index in [0.717, 1.165) is 11.3 Å². The topological polar surface area (TPSA) is 0 Å². The van der Waals surface area contributed by atoms with Crippen molar-refractivity contribution in [3.8, 4) is 0 Å². The first kappa shape index (κ1) is 9.98. The molecule has 0 aliphatic heterocycles. The average Bonchev–Trinajstić information content (AvgIpc) is 2.56. The highest BCUT2D eigenvalue weighted by molar-refractivity contribution is 9.10. The number of hydrogen-bond donors (Lipinski definition) is 0. The Labute approximate surface area is 90.5 Å². The normalized spacial score (nSPS) is 11.5. The molecule has 1 heterocycles. The Hall–Kier alpha value is -0.550. The minimum absolute atomic E-state index is 0.114. The van der Waals surface area contributed by atoms with Gasteiger partial charge in [0.05, 0.1) is 4.70 Å². The lowest BCUT2D eigenvalue weighted by Crippen LogP contribution is -1.82. The van der Waals surface area contributed by atoms with Crippen LogP contribution in [0.25, 0.3) is 10.1 Å². The van der Waals surface area contributed by atoms with Gasteiger partial charge < -0.3 is 0 Å². The molecule has 0 unspecified atom stereocenters. The highest BCUT2D eigenvalue weighted by Crippen LogP contribution is 2.38. The van der Waals surface area contributed by atoms with Crippen molar-refractivity contribution in [3.63, 3.8) is 0 Å². The number of hydrogen-bond acceptors (Lipinski definition) is 1. The van der Waals surface area contributed by atoms with Gasteiger partial charge in [-0.1, -0.05) is 15.9 Å². The molecule has 74 valence electrons. The molecule has 0 N–H and O–H groups in total. The molecular formula is C9H4BrF3S. The van der Waals surface area contributed by atoms with Crippen LogP contribution in [-0.4, -0.2) is 0 Å². The summed E-state index contributed by atoms with van der Waals surface area (Å²) in [6.07, 6.45) is -2.57. The molecule has 0 bridgehead atoms. The Bertz CT molecular complexity index is 478. The van der Waals surface area contributed by atoms with Gasteiger partial charge in [0.2, 0.25) is 0 Å². The molecule has 0 spiro atoms. The fourth-order valence-corrected chi connectivity index (χ4v) is 2.94. The van der Waals surface area contributed by atoms with Crippen LogP contribution < -0.4 is 0 Å². The summed E-state index contributed by atoms with van der Waals surface area (Å²) >= 11 is 4.13. The van der Waals surface area contributed by atoms with E-state index in [9.17, 15) is 13.2 Å². The Balaban J connectivity index is 2.84. The Morgan fingerprint density at radius 3 is 2.64 bits per heavy atom. The summed E-state index contributed by atoms with van der Waals surface area (Å²) < 4.78 is 39.0. The first-order valence-corrected chi connectivity index (χ1v) is 5.41. The quantitative estimate of drug-likeness (QED) is 0.708. The molecule has 14 heavy (non-hydrogen) atoms. The number of rotatable bonds is 1. The summed E-state index contributed by atoms with van der Waals surface area (Å²) in [5.41, 5.74) is -0.114. The van der Waals surface area contributed by atoms with Gasteiger partial charge in [-0.05, 0) is 12.1 Å². The van der Waals surface area contributed by atoms with Gasteiger partial charge in [-0.3, -0.25) is 0 Å². The molecule has 0 aliphatic rings. The molecule has 0 radical (unpaired) electrons. The van der Waals surface area contributed by atoms with Crippen molar-refractivity contribution in [1.82, 2.24) is 0 Å². The second-order valence-electron chi connectivity index (χ2n) is 2.73. The molecule has 0 saturated carbocycles. The number of fused-ring (bicyclic) bond motifs is 1. The highest BCUT2D eigenvalue weighted by atomic mass is 79.9. The van der Waals surface area contributed by atoms with Crippen LogP contribution in [0.1, 0.15) is 12.0 Å². The average molecular weight is 281 g/mol. The van der Waals surface area contributed by atoms with E-state index in [1.54, 1.807) is 0 Å². The lowest BCUT2D eigenvalue weighted by molar-refractivity contribution is 0.153. The molecule has 0 atom stereocenters. The van der Waals surface area contributed by atoms with E-state index in [-0.39, 0.29) is 15.6 Å². The van der Waals surface area contributed by atoms with Gasteiger partial charge in [0.15, 0.2) is 0 Å². The molecular weight excluding hydrogens is 277 g/mol. The van der Waals surface area contributed by atoms with Crippen molar-refractivity contribution in [2.45, 2.75) is 6.43 Å². The summed E-state index contributed by atoms with van der Waals surface area (Å²) in [6.45, 7) is 0. The fraction of sp³-hybridized carbons (Fsp3) is 0.111. The lowest BCUT2D eigenvalue weighted by Gasteiger charge is -1.99. The zero-order valence-corrected chi connectivity index (χ0v) is 9.13. The van der Waals surface area contributed by atoms with Crippen LogP contribution in [0.2, 0.25) is 0 Å². The van der Waals surface area contributed by atoms with Gasteiger partial charge in [0, 0.05) is 20.8 Å². The van der Waals surface area contributed by atoms with Gasteiger partial charge in [-0.25, -0.2) is 13.2 Å². The third kappa shape index (κ3) is 1.44. The first-order valence-electron chi connectivity index (χ1n) is 3.74. The second kappa shape index (κ2) is 3.55. The molecule has 1 aromatic carbocycles. The van der Waals surface area contributed by atoms with E-state index in [2.05, 4.69) is 15.9 Å². The van der Waals surface area contributed by atoms with E-state index in [4.69, 9.17) is 0 Å². The van der Waals surface area contributed by atoms with Crippen molar-refractivity contribution < 1.29 is 13.2 Å². The molecule has 0 amide bonds. The standard InChI is InChI=1S/C9H4BrF3S/c10-5-1-2-6(11)8-7(5)4(3-14-8)9(12)13/h1-3,9H. The van der Waals surface area contributed by atoms with Crippen LogP contribution >= 0.6 is 27.3 Å². The van der Waals surface area contributed by atoms with Crippen molar-refractivity contribution in [2.24, 2.45) is 0 Å². The summed E-state index contributed by atoms with van der Waals surface area (Å²) in [6, 6.07) is 2.70. The van der Waals surface area contributed by atoms with Crippen molar-refractivity contribution in [3.05, 3.63) is 33.4 Å². The monoisotopic (exact) mass is 280 g/mol. The SMILES string of the molecule is Fc1ccc(Br)c2c(C(F)F)csc12. The Morgan fingerprint density at radius 1 is 1.29 bits per heavy atom. The van der Waals surface area contributed by atoms with E-state index in [1.165, 1.54) is 17.5 Å². The van der Waals surface area contributed by atoms with Gasteiger partial charge in [-0.15, -0.1) is 11.3 Å². The zero-order chi connectivity index (χ0) is 10.3. The minimum Gasteiger partial charge on any atom is -0.205 e. The third-order valence-electron chi connectivity index (χ3n) is 1.89. The molecule has 0 aliphatic carbocycles. The van der Waals surface area contributed by atoms with Crippen molar-refractivity contribution in [2.75, 3.05) is 0 Å². The van der Waals surface area contributed by atoms with E-state index < -0.39 is 12.2 Å². The van der Waals surface area contributed by atoms with E-state index in [0.29, 0.717) is 4.47 Å². The largest absolute Gasteiger partial charge is 0.265 e. The number of benzene rings is 1. The summed E-state index contributed by atoms with van der Waals surface area (Å²) in [5, 5.41) is 1.58. The molecule has 5 heteroatoms. The maximum absolute atomic E-state index is 13.2. The van der Waals surface area contributed by atoms with Crippen LogP contribution in [0.15, 0.2) is 22.0 Å². The predicted molar refractivity (Wildman–Crippen MR) is 54.4 cm³/mol. The highest BCUT2D eigenvalue weighted by Gasteiger charge is 2.17. The van der Waals surface area contributed by atoms with Gasteiger partial charge in [0.25, 0.3) is 6.43 Å². The lowest BCUT2D eigenvalue weighted by atomic mass is 10.2. The van der Waals surface area contributed by atoms with E-state index >= 15 is 0 Å². The maximum Gasteiger partial charge on any atom is 0.265 e. The van der Waals surface area contributed by atoms with Crippen LogP contribution in [0, 0.1) is 5.82 Å². The number of alkyl halides is 2.